The highest BCUT2D eigenvalue weighted by Gasteiger charge is 2.04. The first-order valence-corrected chi connectivity index (χ1v) is 4.52. The maximum atomic E-state index is 11.5. The van der Waals surface area contributed by atoms with E-state index in [9.17, 15) is 4.79 Å². The van der Waals surface area contributed by atoms with Crippen LogP contribution in [0.2, 0.25) is 0 Å². The van der Waals surface area contributed by atoms with E-state index in [0.717, 1.165) is 5.69 Å². The molecule has 0 atom stereocenters. The van der Waals surface area contributed by atoms with Gasteiger partial charge in [0.2, 0.25) is 0 Å². The lowest BCUT2D eigenvalue weighted by Gasteiger charge is -2.00. The third-order valence-electron chi connectivity index (χ3n) is 2.05. The number of aryl methyl sites for hydroxylation is 1. The molecule has 0 aliphatic rings. The third-order valence-corrected chi connectivity index (χ3v) is 2.05. The molecule has 2 aromatic rings. The van der Waals surface area contributed by atoms with Gasteiger partial charge < -0.3 is 10.1 Å². The monoisotopic (exact) mass is 202 g/mol. The van der Waals surface area contributed by atoms with Crippen molar-refractivity contribution >= 4 is 0 Å². The van der Waals surface area contributed by atoms with Crippen LogP contribution in [0.5, 0.6) is 5.75 Å². The molecule has 0 aliphatic heterocycles. The van der Waals surface area contributed by atoms with Gasteiger partial charge in [-0.3, -0.25) is 4.79 Å². The van der Waals surface area contributed by atoms with Crippen LogP contribution in [0.15, 0.2) is 35.3 Å². The second-order valence-corrected chi connectivity index (χ2v) is 3.29. The van der Waals surface area contributed by atoms with Crippen molar-refractivity contribution in [1.82, 2.24) is 9.97 Å². The van der Waals surface area contributed by atoms with Gasteiger partial charge >= 0.3 is 0 Å². The second kappa shape index (κ2) is 3.57. The summed E-state index contributed by atoms with van der Waals surface area (Å²) in [6.45, 7) is 1.77. The van der Waals surface area contributed by atoms with E-state index in [2.05, 4.69) is 9.97 Å². The molecule has 76 valence electrons. The molecule has 1 heterocycles. The smallest absolute Gasteiger partial charge is 0.274 e. The number of H-pyrrole nitrogens is 1. The normalized spacial score (nSPS) is 10.2. The number of aromatic nitrogens is 2. The maximum absolute atomic E-state index is 11.5. The van der Waals surface area contributed by atoms with Gasteiger partial charge in [-0.25, -0.2) is 4.98 Å². The van der Waals surface area contributed by atoms with Crippen molar-refractivity contribution in [2.45, 2.75) is 6.92 Å². The SMILES string of the molecule is Cc1cnc(-c2ccc(O)cc2)c(=O)[nH]1. The van der Waals surface area contributed by atoms with Gasteiger partial charge in [-0.15, -0.1) is 0 Å². The van der Waals surface area contributed by atoms with Crippen molar-refractivity contribution in [2.75, 3.05) is 0 Å². The summed E-state index contributed by atoms with van der Waals surface area (Å²) in [6, 6.07) is 6.36. The van der Waals surface area contributed by atoms with E-state index >= 15 is 0 Å². The number of rotatable bonds is 1. The predicted molar refractivity (Wildman–Crippen MR) is 56.7 cm³/mol. The summed E-state index contributed by atoms with van der Waals surface area (Å²) >= 11 is 0. The van der Waals surface area contributed by atoms with Gasteiger partial charge in [-0.05, 0) is 31.2 Å². The van der Waals surface area contributed by atoms with Crippen molar-refractivity contribution in [3.63, 3.8) is 0 Å². The van der Waals surface area contributed by atoms with Crippen molar-refractivity contribution < 1.29 is 5.11 Å². The summed E-state index contributed by atoms with van der Waals surface area (Å²) in [7, 11) is 0. The minimum Gasteiger partial charge on any atom is -0.508 e. The van der Waals surface area contributed by atoms with E-state index in [1.807, 2.05) is 0 Å². The van der Waals surface area contributed by atoms with E-state index in [0.29, 0.717) is 11.3 Å². The van der Waals surface area contributed by atoms with Crippen LogP contribution in [-0.4, -0.2) is 15.1 Å². The Morgan fingerprint density at radius 3 is 2.53 bits per heavy atom. The number of hydrogen-bond donors (Lipinski definition) is 2. The number of aromatic amines is 1. The lowest BCUT2D eigenvalue weighted by molar-refractivity contribution is 0.475. The molecular formula is C11H10N2O2. The van der Waals surface area contributed by atoms with Crippen molar-refractivity contribution in [1.29, 1.82) is 0 Å². The minimum atomic E-state index is -0.222. The largest absolute Gasteiger partial charge is 0.508 e. The second-order valence-electron chi connectivity index (χ2n) is 3.29. The molecule has 15 heavy (non-hydrogen) atoms. The standard InChI is InChI=1S/C11H10N2O2/c1-7-6-12-10(11(15)13-7)8-2-4-9(14)5-3-8/h2-6,14H,1H3,(H,13,15). The molecule has 0 radical (unpaired) electrons. The van der Waals surface area contributed by atoms with Crippen LogP contribution in [-0.2, 0) is 0 Å². The summed E-state index contributed by atoms with van der Waals surface area (Å²) in [5.74, 6) is 0.169. The molecule has 0 saturated heterocycles. The zero-order valence-electron chi connectivity index (χ0n) is 8.19. The number of phenolic OH excluding ortho intramolecular Hbond substituents is 1. The van der Waals surface area contributed by atoms with Gasteiger partial charge in [0.15, 0.2) is 0 Å². The Balaban J connectivity index is 2.55. The highest BCUT2D eigenvalue weighted by molar-refractivity contribution is 5.58. The molecule has 4 nitrogen and oxygen atoms in total. The highest BCUT2D eigenvalue weighted by atomic mass is 16.3. The van der Waals surface area contributed by atoms with Crippen LogP contribution >= 0.6 is 0 Å². The van der Waals surface area contributed by atoms with Gasteiger partial charge in [0.05, 0.1) is 0 Å². The van der Waals surface area contributed by atoms with Crippen LogP contribution in [0.1, 0.15) is 5.69 Å². The lowest BCUT2D eigenvalue weighted by atomic mass is 10.1. The van der Waals surface area contributed by atoms with Crippen molar-refractivity contribution in [3.8, 4) is 17.0 Å². The van der Waals surface area contributed by atoms with Gasteiger partial charge in [0, 0.05) is 17.5 Å². The van der Waals surface area contributed by atoms with Crippen LogP contribution in [0.4, 0.5) is 0 Å². The molecular weight excluding hydrogens is 192 g/mol. The number of aromatic hydroxyl groups is 1. The zero-order valence-corrected chi connectivity index (χ0v) is 8.19. The Morgan fingerprint density at radius 2 is 1.93 bits per heavy atom. The Morgan fingerprint density at radius 1 is 1.27 bits per heavy atom. The molecule has 0 amide bonds. The fraction of sp³-hybridized carbons (Fsp3) is 0.0909. The number of nitrogens with zero attached hydrogens (tertiary/aromatic N) is 1. The zero-order chi connectivity index (χ0) is 10.8. The number of nitrogens with one attached hydrogen (secondary N) is 1. The molecule has 0 fully saturated rings. The first-order valence-electron chi connectivity index (χ1n) is 4.52. The van der Waals surface area contributed by atoms with Gasteiger partial charge in [0.25, 0.3) is 5.56 Å². The van der Waals surface area contributed by atoms with E-state index in [1.165, 1.54) is 12.1 Å². The van der Waals surface area contributed by atoms with Crippen LogP contribution in [0, 0.1) is 6.92 Å². The number of phenols is 1. The molecule has 4 heteroatoms. The molecule has 0 bridgehead atoms. The molecule has 1 aromatic carbocycles. The Hall–Kier alpha value is -2.10. The summed E-state index contributed by atoms with van der Waals surface area (Å²) in [4.78, 5) is 18.3. The lowest BCUT2D eigenvalue weighted by Crippen LogP contribution is -2.11. The summed E-state index contributed by atoms with van der Waals surface area (Å²) in [6.07, 6.45) is 1.60. The van der Waals surface area contributed by atoms with Crippen molar-refractivity contribution in [2.24, 2.45) is 0 Å². The molecule has 1 aromatic heterocycles. The minimum absolute atomic E-state index is 0.169. The first-order chi connectivity index (χ1) is 7.16. The van der Waals surface area contributed by atoms with Crippen LogP contribution in [0.3, 0.4) is 0 Å². The Kier molecular flexibility index (Phi) is 2.25. The fourth-order valence-electron chi connectivity index (χ4n) is 1.32. The third kappa shape index (κ3) is 1.88. The van der Waals surface area contributed by atoms with E-state index < -0.39 is 0 Å². The highest BCUT2D eigenvalue weighted by Crippen LogP contribution is 2.16. The Bertz CT molecular complexity index is 529. The fourth-order valence-corrected chi connectivity index (χ4v) is 1.32. The molecule has 0 aliphatic carbocycles. The summed E-state index contributed by atoms with van der Waals surface area (Å²) in [5, 5.41) is 9.11. The number of benzene rings is 1. The van der Waals surface area contributed by atoms with Gasteiger partial charge in [-0.1, -0.05) is 0 Å². The van der Waals surface area contributed by atoms with Gasteiger partial charge in [-0.2, -0.15) is 0 Å². The predicted octanol–water partition coefficient (Wildman–Crippen LogP) is 1.45. The van der Waals surface area contributed by atoms with E-state index in [4.69, 9.17) is 5.11 Å². The topological polar surface area (TPSA) is 66.0 Å². The van der Waals surface area contributed by atoms with E-state index in [-0.39, 0.29) is 11.3 Å². The average Bonchev–Trinajstić information content (AvgIpc) is 2.20. The van der Waals surface area contributed by atoms with Crippen molar-refractivity contribution in [3.05, 3.63) is 46.5 Å². The molecule has 0 saturated carbocycles. The first kappa shape index (κ1) is 9.45. The van der Waals surface area contributed by atoms with Crippen LogP contribution < -0.4 is 5.56 Å². The maximum Gasteiger partial charge on any atom is 0.274 e. The molecule has 2 rings (SSSR count). The quantitative estimate of drug-likeness (QED) is 0.735. The Labute approximate surface area is 86.2 Å². The summed E-state index contributed by atoms with van der Waals surface area (Å²) < 4.78 is 0. The average molecular weight is 202 g/mol. The van der Waals surface area contributed by atoms with E-state index in [1.54, 1.807) is 25.3 Å². The molecule has 2 N–H and O–H groups in total. The summed E-state index contributed by atoms with van der Waals surface area (Å²) in [5.41, 5.74) is 1.55. The molecule has 0 unspecified atom stereocenters. The number of hydrogen-bond acceptors (Lipinski definition) is 3. The molecule has 0 spiro atoms. The van der Waals surface area contributed by atoms with Crippen LogP contribution in [0.25, 0.3) is 11.3 Å². The van der Waals surface area contributed by atoms with Gasteiger partial charge in [0.1, 0.15) is 11.4 Å².